The summed E-state index contributed by atoms with van der Waals surface area (Å²) in [4.78, 5) is 11.8. The lowest BCUT2D eigenvalue weighted by Crippen LogP contribution is -2.26. The molecule has 2 nitrogen and oxygen atoms in total. The fourth-order valence-electron chi connectivity index (χ4n) is 1.92. The maximum atomic E-state index is 13.4. The normalized spacial score (nSPS) is 11.3. The third-order valence-electron chi connectivity index (χ3n) is 3.11. The predicted octanol–water partition coefficient (Wildman–Crippen LogP) is 3.82. The summed E-state index contributed by atoms with van der Waals surface area (Å²) in [5, 5.41) is 2.55. The van der Waals surface area contributed by atoms with E-state index in [1.54, 1.807) is 18.2 Å². The third-order valence-corrected chi connectivity index (χ3v) is 3.11. The topological polar surface area (TPSA) is 29.1 Å². The Bertz CT molecular complexity index is 650. The molecule has 2 aromatic carbocycles. The molecule has 0 aliphatic carbocycles. The molecule has 0 radical (unpaired) electrons. The van der Waals surface area contributed by atoms with E-state index in [1.807, 2.05) is 0 Å². The highest BCUT2D eigenvalue weighted by molar-refractivity contribution is 5.94. The molecule has 0 saturated heterocycles. The number of carbonyl (C=O) groups is 1. The summed E-state index contributed by atoms with van der Waals surface area (Å²) in [6.45, 7) is 0.195. The number of carbonyl (C=O) groups excluding carboxylic acids is 1. The van der Waals surface area contributed by atoms with Crippen molar-refractivity contribution in [2.24, 2.45) is 0 Å². The fourth-order valence-corrected chi connectivity index (χ4v) is 1.92. The second-order valence-corrected chi connectivity index (χ2v) is 4.67. The molecule has 2 rings (SSSR count). The van der Waals surface area contributed by atoms with Gasteiger partial charge in [-0.1, -0.05) is 18.2 Å². The van der Waals surface area contributed by atoms with E-state index >= 15 is 0 Å². The summed E-state index contributed by atoms with van der Waals surface area (Å²) in [6.07, 6.45) is -4.13. The number of hydrogen-bond acceptors (Lipinski definition) is 1. The number of amides is 1. The number of rotatable bonds is 4. The van der Waals surface area contributed by atoms with E-state index in [0.717, 1.165) is 24.3 Å². The van der Waals surface area contributed by atoms with Crippen molar-refractivity contribution < 1.29 is 22.4 Å². The quantitative estimate of drug-likeness (QED) is 0.855. The molecular formula is C16H13F4NO. The van der Waals surface area contributed by atoms with Crippen molar-refractivity contribution in [2.75, 3.05) is 6.54 Å². The Hall–Kier alpha value is -2.37. The van der Waals surface area contributed by atoms with Gasteiger partial charge in [-0.3, -0.25) is 4.79 Å². The first-order valence-corrected chi connectivity index (χ1v) is 6.57. The van der Waals surface area contributed by atoms with Crippen molar-refractivity contribution in [1.29, 1.82) is 0 Å². The second kappa shape index (κ2) is 6.60. The monoisotopic (exact) mass is 311 g/mol. The smallest absolute Gasteiger partial charge is 0.352 e. The predicted molar refractivity (Wildman–Crippen MR) is 73.9 cm³/mol. The van der Waals surface area contributed by atoms with Gasteiger partial charge in [-0.05, 0) is 42.3 Å². The van der Waals surface area contributed by atoms with Crippen LogP contribution in [0.1, 0.15) is 21.5 Å². The lowest BCUT2D eigenvalue weighted by molar-refractivity contribution is -0.137. The van der Waals surface area contributed by atoms with Gasteiger partial charge < -0.3 is 5.32 Å². The molecule has 0 aliphatic heterocycles. The number of benzene rings is 2. The Morgan fingerprint density at radius 3 is 2.23 bits per heavy atom. The van der Waals surface area contributed by atoms with Crippen LogP contribution in [0, 0.1) is 5.82 Å². The summed E-state index contributed by atoms with van der Waals surface area (Å²) in [5.74, 6) is -0.851. The minimum atomic E-state index is -4.43. The van der Waals surface area contributed by atoms with Gasteiger partial charge in [0.25, 0.3) is 5.91 Å². The molecule has 0 aromatic heterocycles. The molecule has 0 heterocycles. The molecule has 1 N–H and O–H groups in total. The Kier molecular flexibility index (Phi) is 4.80. The molecule has 0 spiro atoms. The molecule has 0 fully saturated rings. The molecule has 0 aliphatic rings. The van der Waals surface area contributed by atoms with E-state index < -0.39 is 17.6 Å². The summed E-state index contributed by atoms with van der Waals surface area (Å²) < 4.78 is 50.6. The van der Waals surface area contributed by atoms with Crippen molar-refractivity contribution in [2.45, 2.75) is 12.6 Å². The van der Waals surface area contributed by atoms with E-state index in [4.69, 9.17) is 0 Å². The Morgan fingerprint density at radius 1 is 1.00 bits per heavy atom. The van der Waals surface area contributed by atoms with Gasteiger partial charge in [0, 0.05) is 12.1 Å². The lowest BCUT2D eigenvalue weighted by atomic mass is 10.1. The zero-order valence-corrected chi connectivity index (χ0v) is 11.5. The first-order valence-electron chi connectivity index (χ1n) is 6.57. The average molecular weight is 311 g/mol. The van der Waals surface area contributed by atoms with Gasteiger partial charge in [0.05, 0.1) is 5.56 Å². The Balaban J connectivity index is 1.91. The molecule has 116 valence electrons. The highest BCUT2D eigenvalue weighted by Gasteiger charge is 2.30. The molecule has 6 heteroatoms. The summed E-state index contributed by atoms with van der Waals surface area (Å²) in [6, 6.07) is 10.1. The molecule has 22 heavy (non-hydrogen) atoms. The highest BCUT2D eigenvalue weighted by Crippen LogP contribution is 2.29. The maximum Gasteiger partial charge on any atom is 0.416 e. The van der Waals surface area contributed by atoms with Gasteiger partial charge in [-0.15, -0.1) is 0 Å². The van der Waals surface area contributed by atoms with Crippen LogP contribution in [-0.4, -0.2) is 12.5 Å². The third kappa shape index (κ3) is 4.07. The van der Waals surface area contributed by atoms with Crippen molar-refractivity contribution in [1.82, 2.24) is 5.32 Å². The average Bonchev–Trinajstić information content (AvgIpc) is 2.48. The van der Waals surface area contributed by atoms with E-state index in [1.165, 1.54) is 6.07 Å². The van der Waals surface area contributed by atoms with E-state index in [9.17, 15) is 22.4 Å². The fraction of sp³-hybridized carbons (Fsp3) is 0.188. The molecule has 1 amide bonds. The van der Waals surface area contributed by atoms with Crippen LogP contribution < -0.4 is 5.32 Å². The largest absolute Gasteiger partial charge is 0.416 e. The van der Waals surface area contributed by atoms with Crippen LogP contribution in [-0.2, 0) is 12.6 Å². The van der Waals surface area contributed by atoms with Crippen LogP contribution in [0.2, 0.25) is 0 Å². The van der Waals surface area contributed by atoms with Gasteiger partial charge in [0.1, 0.15) is 5.82 Å². The van der Waals surface area contributed by atoms with Gasteiger partial charge in [0.15, 0.2) is 0 Å². The van der Waals surface area contributed by atoms with Gasteiger partial charge in [-0.2, -0.15) is 13.2 Å². The SMILES string of the molecule is O=C(NCCc1ccccc1F)c1ccc(C(F)(F)F)cc1. The Labute approximate surface area is 124 Å². The molecule has 0 unspecified atom stereocenters. The first-order chi connectivity index (χ1) is 10.4. The van der Waals surface area contributed by atoms with Crippen molar-refractivity contribution in [3.63, 3.8) is 0 Å². The van der Waals surface area contributed by atoms with Gasteiger partial charge >= 0.3 is 6.18 Å². The molecular weight excluding hydrogens is 298 g/mol. The molecule has 0 saturated carbocycles. The minimum Gasteiger partial charge on any atom is -0.352 e. The highest BCUT2D eigenvalue weighted by atomic mass is 19.4. The van der Waals surface area contributed by atoms with E-state index in [2.05, 4.69) is 5.32 Å². The molecule has 0 atom stereocenters. The van der Waals surface area contributed by atoms with Gasteiger partial charge in [0.2, 0.25) is 0 Å². The zero-order valence-electron chi connectivity index (χ0n) is 11.5. The summed E-state index contributed by atoms with van der Waals surface area (Å²) in [5.41, 5.74) is -0.216. The van der Waals surface area contributed by atoms with Gasteiger partial charge in [-0.25, -0.2) is 4.39 Å². The second-order valence-electron chi connectivity index (χ2n) is 4.67. The summed E-state index contributed by atoms with van der Waals surface area (Å²) in [7, 11) is 0. The standard InChI is InChI=1S/C16H13F4NO/c17-14-4-2-1-3-11(14)9-10-21-15(22)12-5-7-13(8-6-12)16(18,19)20/h1-8H,9-10H2,(H,21,22). The van der Waals surface area contributed by atoms with Crippen molar-refractivity contribution in [3.8, 4) is 0 Å². The van der Waals surface area contributed by atoms with Crippen LogP contribution in [0.15, 0.2) is 48.5 Å². The Morgan fingerprint density at radius 2 is 1.64 bits per heavy atom. The van der Waals surface area contributed by atoms with Crippen LogP contribution in [0.4, 0.5) is 17.6 Å². The van der Waals surface area contributed by atoms with Crippen LogP contribution in [0.25, 0.3) is 0 Å². The molecule has 0 bridgehead atoms. The van der Waals surface area contributed by atoms with Crippen molar-refractivity contribution >= 4 is 5.91 Å². The van der Waals surface area contributed by atoms with E-state index in [-0.39, 0.29) is 17.9 Å². The zero-order chi connectivity index (χ0) is 16.2. The lowest BCUT2D eigenvalue weighted by Gasteiger charge is -2.08. The number of hydrogen-bond donors (Lipinski definition) is 1. The molecule has 2 aromatic rings. The van der Waals surface area contributed by atoms with Crippen LogP contribution in [0.3, 0.4) is 0 Å². The van der Waals surface area contributed by atoms with E-state index in [0.29, 0.717) is 12.0 Å². The minimum absolute atomic E-state index is 0.126. The van der Waals surface area contributed by atoms with Crippen molar-refractivity contribution in [3.05, 3.63) is 71.0 Å². The van der Waals surface area contributed by atoms with Crippen LogP contribution in [0.5, 0.6) is 0 Å². The number of nitrogens with one attached hydrogen (secondary N) is 1. The summed E-state index contributed by atoms with van der Waals surface area (Å²) >= 11 is 0. The maximum absolute atomic E-state index is 13.4. The number of halogens is 4. The number of alkyl halides is 3. The first kappa shape index (κ1) is 16.0. The van der Waals surface area contributed by atoms with Crippen LogP contribution >= 0.6 is 0 Å².